The molecule has 22 heteroatoms. The molecule has 320 valence electrons. The lowest BCUT2D eigenvalue weighted by Crippen LogP contribution is -2.71. The van der Waals surface area contributed by atoms with E-state index in [2.05, 4.69) is 25.0 Å². The highest BCUT2D eigenvalue weighted by Crippen LogP contribution is 2.43. The fourth-order valence-corrected chi connectivity index (χ4v) is 8.80. The highest BCUT2D eigenvalue weighted by atomic mass is 35.5. The number of allylic oxidation sites excluding steroid dienone is 1. The Balaban J connectivity index is 1.38. The monoisotopic (exact) mass is 919 g/mol. The van der Waals surface area contributed by atoms with E-state index in [1.807, 2.05) is 25.1 Å². The summed E-state index contributed by atoms with van der Waals surface area (Å²) in [5.74, 6) is -3.91. The Labute approximate surface area is 359 Å². The summed E-state index contributed by atoms with van der Waals surface area (Å²) in [6.45, 7) is 2.05. The number of aromatic nitrogens is 1. The van der Waals surface area contributed by atoms with E-state index >= 15 is 0 Å². The number of nitrogens with one attached hydrogen (secondary N) is 2. The molecule has 2 aliphatic heterocycles. The fraction of sp³-hybridized carbons (Fsp3) is 0.231. The third-order valence-electron chi connectivity index (χ3n) is 9.00. The Morgan fingerprint density at radius 3 is 2.10 bits per heavy atom. The number of benzene rings is 3. The minimum Gasteiger partial charge on any atom is -0.477 e. The van der Waals surface area contributed by atoms with Gasteiger partial charge in [0.15, 0.2) is 10.8 Å². The van der Waals surface area contributed by atoms with Gasteiger partial charge in [-0.1, -0.05) is 132 Å². The highest BCUT2D eigenvalue weighted by Gasteiger charge is 2.55. The van der Waals surface area contributed by atoms with Crippen molar-refractivity contribution in [3.8, 4) is 0 Å². The van der Waals surface area contributed by atoms with Gasteiger partial charge in [-0.15, -0.1) is 11.8 Å². The number of carboxylic acids is 1. The number of hydrogen-bond acceptors (Lipinski definition) is 13. The first kappa shape index (κ1) is 44.6. The van der Waals surface area contributed by atoms with Crippen LogP contribution in [0, 0.1) is 0 Å². The van der Waals surface area contributed by atoms with E-state index in [0.29, 0.717) is 29.2 Å². The van der Waals surface area contributed by atoms with Crippen LogP contribution < -0.4 is 10.6 Å². The smallest absolute Gasteiger partial charge is 0.477 e. The molecule has 0 unspecified atom stereocenters. The average Bonchev–Trinajstić information content (AvgIpc) is 3.60. The van der Waals surface area contributed by atoms with Gasteiger partial charge in [0.25, 0.3) is 11.8 Å². The van der Waals surface area contributed by atoms with Gasteiger partial charge in [0.1, 0.15) is 33.4 Å². The lowest BCUT2D eigenvalue weighted by Gasteiger charge is -2.49. The topological polar surface area (TPSA) is 203 Å². The molecule has 15 nitrogen and oxygen atoms in total. The summed E-state index contributed by atoms with van der Waals surface area (Å²) in [4.78, 5) is 64.6. The van der Waals surface area contributed by atoms with Crippen molar-refractivity contribution in [1.82, 2.24) is 15.2 Å². The van der Waals surface area contributed by atoms with Crippen LogP contribution in [0.3, 0.4) is 0 Å². The normalized spacial score (nSPS) is 17.0. The number of amides is 3. The number of thiazole rings is 1. The van der Waals surface area contributed by atoms with E-state index < -0.39 is 67.9 Å². The molecule has 0 spiro atoms. The maximum absolute atomic E-state index is 14.4. The molecule has 4 aromatic rings. The zero-order valence-electron chi connectivity index (χ0n) is 31.5. The van der Waals surface area contributed by atoms with E-state index in [9.17, 15) is 45.9 Å². The molecule has 61 heavy (non-hydrogen) atoms. The van der Waals surface area contributed by atoms with Crippen LogP contribution in [-0.2, 0) is 43.9 Å². The number of carboxylic acid groups (broad SMARTS) is 1. The molecule has 3 amide bonds. The summed E-state index contributed by atoms with van der Waals surface area (Å²) in [7, 11) is -6.04. The fourth-order valence-electron chi connectivity index (χ4n) is 6.13. The Bertz CT molecular complexity index is 2390. The van der Waals surface area contributed by atoms with Crippen molar-refractivity contribution in [2.24, 2.45) is 5.16 Å². The van der Waals surface area contributed by atoms with Crippen LogP contribution in [-0.4, -0.2) is 82.3 Å². The summed E-state index contributed by atoms with van der Waals surface area (Å²) in [6.07, 6.45) is 1.38. The van der Waals surface area contributed by atoms with Crippen molar-refractivity contribution in [2.75, 3.05) is 17.7 Å². The Morgan fingerprint density at radius 2 is 1.57 bits per heavy atom. The minimum atomic E-state index is -6.04. The third kappa shape index (κ3) is 9.54. The molecule has 0 aliphatic carbocycles. The van der Waals surface area contributed by atoms with Crippen molar-refractivity contribution in [3.05, 3.63) is 141 Å². The minimum absolute atomic E-state index is 0.0694. The predicted octanol–water partition coefficient (Wildman–Crippen LogP) is 6.98. The maximum Gasteiger partial charge on any atom is 0.534 e. The number of thioether (sulfide) groups is 1. The molecule has 1 fully saturated rings. The van der Waals surface area contributed by atoms with Crippen LogP contribution in [0.15, 0.2) is 120 Å². The first-order valence-corrected chi connectivity index (χ1v) is 21.7. The Morgan fingerprint density at radius 1 is 1.00 bits per heavy atom. The number of rotatable bonds is 16. The lowest BCUT2D eigenvalue weighted by molar-refractivity contribution is -0.150. The summed E-state index contributed by atoms with van der Waals surface area (Å²) in [5, 5.41) is 18.3. The van der Waals surface area contributed by atoms with Crippen LogP contribution in [0.2, 0.25) is 4.34 Å². The first-order valence-electron chi connectivity index (χ1n) is 18.0. The summed E-state index contributed by atoms with van der Waals surface area (Å²) in [5.41, 5.74) is -7.20. The zero-order chi connectivity index (χ0) is 44.0. The molecule has 0 saturated carbocycles. The van der Waals surface area contributed by atoms with E-state index in [0.717, 1.165) is 34.4 Å². The van der Waals surface area contributed by atoms with Crippen LogP contribution in [0.5, 0.6) is 0 Å². The number of ether oxygens (including phenoxy) is 1. The molecular weight excluding hydrogens is 887 g/mol. The number of β-lactam (4-membered cyclic amide) rings is 1. The van der Waals surface area contributed by atoms with E-state index in [4.69, 9.17) is 21.2 Å². The SMILES string of the molecule is CCCCOC(=O)Nc1nc(C(=NOC(c2ccccc2)(c2ccccc2)c2ccccc2)C(=O)N[C@@H]2C(=O)N3C(C(=O)O)=C(C=COS(=O)(=O)C(F)(F)F)CS[C@H]23)c(Cl)s1. The average molecular weight is 920 g/mol. The molecule has 1 saturated heterocycles. The molecule has 0 bridgehead atoms. The number of aliphatic carboxylic acids is 1. The molecule has 3 heterocycles. The number of unbranched alkanes of at least 4 members (excludes halogenated alkanes) is 1. The molecule has 0 radical (unpaired) electrons. The predicted molar refractivity (Wildman–Crippen MR) is 219 cm³/mol. The Hall–Kier alpha value is -5.90. The Kier molecular flexibility index (Phi) is 13.8. The van der Waals surface area contributed by atoms with Gasteiger partial charge in [0.2, 0.25) is 5.60 Å². The highest BCUT2D eigenvalue weighted by molar-refractivity contribution is 8.00. The van der Waals surface area contributed by atoms with E-state index in [1.165, 1.54) is 0 Å². The van der Waals surface area contributed by atoms with Crippen LogP contribution in [0.1, 0.15) is 42.1 Å². The van der Waals surface area contributed by atoms with Crippen molar-refractivity contribution < 1.29 is 59.6 Å². The molecule has 2 aliphatic rings. The van der Waals surface area contributed by atoms with Crippen LogP contribution in [0.4, 0.5) is 23.1 Å². The van der Waals surface area contributed by atoms with Gasteiger partial charge in [0.05, 0.1) is 6.61 Å². The second-order valence-electron chi connectivity index (χ2n) is 12.9. The van der Waals surface area contributed by atoms with Gasteiger partial charge < -0.3 is 24.2 Å². The zero-order valence-corrected chi connectivity index (χ0v) is 34.7. The second kappa shape index (κ2) is 18.8. The number of hydrogen-bond donors (Lipinski definition) is 3. The number of nitrogens with zero attached hydrogens (tertiary/aromatic N) is 3. The number of oxime groups is 1. The standard InChI is InChI=1S/C39H33ClF3N5O10S3/c1-2-3-20-56-37(53)46-36-45-27(31(40)60-36)28(47-58-38(24-13-7-4-8-14-24,25-15-9-5-10-16-25)26-17-11-6-12-18-26)32(49)44-29-33(50)48-30(35(51)52)23(22-59-34(29)48)19-21-57-61(54,55)39(41,42)43/h4-19,21,29,34H,2-3,20,22H2,1H3,(H,44,49)(H,51,52)(H,45,46,53)/t29-,34-/m1/s1. The maximum atomic E-state index is 14.4. The molecule has 2 atom stereocenters. The summed E-state index contributed by atoms with van der Waals surface area (Å²) < 4.78 is 69.9. The van der Waals surface area contributed by atoms with Gasteiger partial charge in [-0.2, -0.15) is 21.6 Å². The third-order valence-corrected chi connectivity index (χ3v) is 12.4. The summed E-state index contributed by atoms with van der Waals surface area (Å²) in [6, 6.07) is 25.6. The molecule has 1 aromatic heterocycles. The van der Waals surface area contributed by atoms with E-state index in [1.54, 1.807) is 72.8 Å². The number of alkyl halides is 3. The van der Waals surface area contributed by atoms with Crippen molar-refractivity contribution in [1.29, 1.82) is 0 Å². The largest absolute Gasteiger partial charge is 0.534 e. The number of fused-ring (bicyclic) bond motifs is 1. The number of carbonyl (C=O) groups excluding carboxylic acids is 3. The molecule has 6 rings (SSSR count). The van der Waals surface area contributed by atoms with Gasteiger partial charge in [0, 0.05) is 22.4 Å². The molecule has 3 N–H and O–H groups in total. The second-order valence-corrected chi connectivity index (χ2v) is 17.2. The van der Waals surface area contributed by atoms with Crippen LogP contribution >= 0.6 is 34.7 Å². The number of anilines is 1. The van der Waals surface area contributed by atoms with Gasteiger partial charge >= 0.3 is 27.7 Å². The van der Waals surface area contributed by atoms with Crippen molar-refractivity contribution in [3.63, 3.8) is 0 Å². The van der Waals surface area contributed by atoms with E-state index in [-0.39, 0.29) is 39.4 Å². The molecular formula is C39H33ClF3N5O10S3. The van der Waals surface area contributed by atoms with Crippen molar-refractivity contribution in [2.45, 2.75) is 42.3 Å². The quantitative estimate of drug-likeness (QED) is 0.0152. The van der Waals surface area contributed by atoms with Crippen molar-refractivity contribution >= 4 is 79.5 Å². The van der Waals surface area contributed by atoms with Gasteiger partial charge in [-0.25, -0.2) is 14.6 Å². The van der Waals surface area contributed by atoms with Gasteiger partial charge in [-0.05, 0) is 18.1 Å². The summed E-state index contributed by atoms with van der Waals surface area (Å²) >= 11 is 8.36. The molecule has 3 aromatic carbocycles. The van der Waals surface area contributed by atoms with Crippen LogP contribution in [0.25, 0.3) is 0 Å². The first-order chi connectivity index (χ1) is 29.1. The number of carbonyl (C=O) groups is 4. The number of halogens is 4. The lowest BCUT2D eigenvalue weighted by atomic mass is 9.80. The van der Waals surface area contributed by atoms with Gasteiger partial charge in [-0.3, -0.25) is 19.8 Å².